The molecule has 3 heteroatoms. The molecular formula is C9H18ClNO. The van der Waals surface area contributed by atoms with E-state index in [2.05, 4.69) is 26.1 Å². The maximum Gasteiger partial charge on any atom is 0.237 e. The number of alkyl halides is 1. The Bertz CT molecular complexity index is 155. The Hall–Kier alpha value is -0.240. The van der Waals surface area contributed by atoms with Crippen LogP contribution in [-0.4, -0.2) is 17.8 Å². The smallest absolute Gasteiger partial charge is 0.237 e. The fourth-order valence-corrected chi connectivity index (χ4v) is 0.669. The zero-order chi connectivity index (χ0) is 9.78. The highest BCUT2D eigenvalue weighted by molar-refractivity contribution is 6.30. The molecule has 0 aliphatic heterocycles. The van der Waals surface area contributed by atoms with Crippen LogP contribution in [0.25, 0.3) is 0 Å². The number of hydrogen-bond acceptors (Lipinski definition) is 1. The average molecular weight is 192 g/mol. The Labute approximate surface area is 79.7 Å². The summed E-state index contributed by atoms with van der Waals surface area (Å²) in [6, 6.07) is 0. The van der Waals surface area contributed by atoms with Gasteiger partial charge in [0.25, 0.3) is 0 Å². The van der Waals surface area contributed by atoms with Crippen molar-refractivity contribution < 1.29 is 4.79 Å². The summed E-state index contributed by atoms with van der Waals surface area (Å²) in [7, 11) is 0. The van der Waals surface area contributed by atoms with E-state index in [0.717, 1.165) is 6.42 Å². The van der Waals surface area contributed by atoms with E-state index in [1.807, 2.05) is 0 Å². The second kappa shape index (κ2) is 4.70. The molecule has 0 unspecified atom stereocenters. The number of nitrogens with one attached hydrogen (secondary N) is 1. The lowest BCUT2D eigenvalue weighted by Gasteiger charge is -2.23. The zero-order valence-electron chi connectivity index (χ0n) is 8.28. The molecule has 0 spiro atoms. The fraction of sp³-hybridized carbons (Fsp3) is 0.889. The summed E-state index contributed by atoms with van der Waals surface area (Å²) in [6.45, 7) is 8.71. The van der Waals surface area contributed by atoms with Crippen LogP contribution in [0.1, 0.15) is 34.1 Å². The minimum Gasteiger partial charge on any atom is -0.354 e. The van der Waals surface area contributed by atoms with Gasteiger partial charge in [-0.2, -0.15) is 0 Å². The van der Waals surface area contributed by atoms with Crippen molar-refractivity contribution in [2.24, 2.45) is 5.41 Å². The van der Waals surface area contributed by atoms with Crippen molar-refractivity contribution >= 4 is 17.5 Å². The molecule has 0 rings (SSSR count). The topological polar surface area (TPSA) is 29.1 Å². The van der Waals surface area contributed by atoms with Gasteiger partial charge in [0, 0.05) is 6.54 Å². The van der Waals surface area contributed by atoms with E-state index in [-0.39, 0.29) is 11.3 Å². The zero-order valence-corrected chi connectivity index (χ0v) is 9.03. The maximum atomic E-state index is 11.1. The largest absolute Gasteiger partial charge is 0.354 e. The summed E-state index contributed by atoms with van der Waals surface area (Å²) in [5, 5.41) is 2.37. The van der Waals surface area contributed by atoms with E-state index < -0.39 is 5.38 Å². The first-order chi connectivity index (χ1) is 5.39. The molecule has 1 N–H and O–H groups in total. The molecule has 0 aromatic heterocycles. The van der Waals surface area contributed by atoms with Crippen LogP contribution in [0, 0.1) is 5.41 Å². The molecule has 0 aromatic carbocycles. The highest BCUT2D eigenvalue weighted by Crippen LogP contribution is 2.17. The van der Waals surface area contributed by atoms with Gasteiger partial charge in [-0.3, -0.25) is 4.79 Å². The van der Waals surface area contributed by atoms with Gasteiger partial charge in [-0.1, -0.05) is 20.8 Å². The summed E-state index contributed by atoms with van der Waals surface area (Å²) in [5.41, 5.74) is 0.168. The molecule has 0 bridgehead atoms. The molecule has 12 heavy (non-hydrogen) atoms. The lowest BCUT2D eigenvalue weighted by atomic mass is 9.90. The average Bonchev–Trinajstić information content (AvgIpc) is 2.00. The van der Waals surface area contributed by atoms with Gasteiger partial charge < -0.3 is 5.32 Å². The predicted molar refractivity (Wildman–Crippen MR) is 52.4 cm³/mol. The fourth-order valence-electron chi connectivity index (χ4n) is 0.592. The Morgan fingerprint density at radius 2 is 2.08 bits per heavy atom. The highest BCUT2D eigenvalue weighted by Gasteiger charge is 2.17. The third-order valence-electron chi connectivity index (χ3n) is 2.06. The minimum absolute atomic E-state index is 0.0850. The monoisotopic (exact) mass is 191 g/mol. The molecule has 0 heterocycles. The predicted octanol–water partition coefficient (Wildman–Crippen LogP) is 2.17. The van der Waals surface area contributed by atoms with Crippen LogP contribution in [0.15, 0.2) is 0 Å². The number of amides is 1. The van der Waals surface area contributed by atoms with E-state index in [1.54, 1.807) is 6.92 Å². The molecule has 0 aliphatic carbocycles. The molecule has 0 aromatic rings. The van der Waals surface area contributed by atoms with Crippen molar-refractivity contribution in [3.05, 3.63) is 0 Å². The third-order valence-corrected chi connectivity index (χ3v) is 2.26. The standard InChI is InChI=1S/C9H18ClNO/c1-5-9(3,4)6-11-8(12)7(2)10/h7H,5-6H2,1-4H3,(H,11,12)/t7-/m1/s1. The van der Waals surface area contributed by atoms with Gasteiger partial charge >= 0.3 is 0 Å². The summed E-state index contributed by atoms with van der Waals surface area (Å²) in [5.74, 6) is -0.0850. The maximum absolute atomic E-state index is 11.1. The highest BCUT2D eigenvalue weighted by atomic mass is 35.5. The van der Waals surface area contributed by atoms with Crippen molar-refractivity contribution in [2.45, 2.75) is 39.5 Å². The third kappa shape index (κ3) is 4.60. The van der Waals surface area contributed by atoms with Gasteiger partial charge in [0.1, 0.15) is 5.38 Å². The SMILES string of the molecule is CCC(C)(C)CNC(=O)[C@@H](C)Cl. The molecule has 2 nitrogen and oxygen atoms in total. The van der Waals surface area contributed by atoms with Crippen LogP contribution in [-0.2, 0) is 4.79 Å². The molecule has 0 saturated carbocycles. The van der Waals surface area contributed by atoms with Crippen LogP contribution < -0.4 is 5.32 Å². The first-order valence-corrected chi connectivity index (χ1v) is 4.74. The van der Waals surface area contributed by atoms with Crippen LogP contribution >= 0.6 is 11.6 Å². The normalized spacial score (nSPS) is 14.1. The summed E-state index contributed by atoms with van der Waals surface area (Å²) in [6.07, 6.45) is 1.05. The van der Waals surface area contributed by atoms with Crippen LogP contribution in [0.2, 0.25) is 0 Å². The number of rotatable bonds is 4. The summed E-state index contributed by atoms with van der Waals surface area (Å²) < 4.78 is 0. The first-order valence-electron chi connectivity index (χ1n) is 4.31. The molecule has 72 valence electrons. The number of halogens is 1. The van der Waals surface area contributed by atoms with Crippen molar-refractivity contribution in [1.82, 2.24) is 5.32 Å². The number of carbonyl (C=O) groups is 1. The van der Waals surface area contributed by atoms with E-state index in [4.69, 9.17) is 11.6 Å². The van der Waals surface area contributed by atoms with Crippen molar-refractivity contribution in [2.75, 3.05) is 6.54 Å². The van der Waals surface area contributed by atoms with Gasteiger partial charge in [-0.05, 0) is 18.8 Å². The van der Waals surface area contributed by atoms with Crippen LogP contribution in [0.4, 0.5) is 0 Å². The van der Waals surface area contributed by atoms with Crippen molar-refractivity contribution in [3.63, 3.8) is 0 Å². The summed E-state index contributed by atoms with van der Waals surface area (Å²) >= 11 is 5.59. The number of carbonyl (C=O) groups excluding carboxylic acids is 1. The van der Waals surface area contributed by atoms with Gasteiger partial charge in [-0.25, -0.2) is 0 Å². The van der Waals surface area contributed by atoms with E-state index in [0.29, 0.717) is 6.54 Å². The Kier molecular flexibility index (Phi) is 4.61. The van der Waals surface area contributed by atoms with Crippen LogP contribution in [0.5, 0.6) is 0 Å². The molecule has 1 atom stereocenters. The Morgan fingerprint density at radius 3 is 2.42 bits per heavy atom. The van der Waals surface area contributed by atoms with E-state index in [9.17, 15) is 4.79 Å². The van der Waals surface area contributed by atoms with Gasteiger partial charge in [0.2, 0.25) is 5.91 Å². The molecule has 0 saturated heterocycles. The first kappa shape index (κ1) is 11.8. The summed E-state index contributed by atoms with van der Waals surface area (Å²) in [4.78, 5) is 11.1. The molecule has 1 amide bonds. The van der Waals surface area contributed by atoms with E-state index >= 15 is 0 Å². The lowest BCUT2D eigenvalue weighted by molar-refractivity contribution is -0.120. The molecular weight excluding hydrogens is 174 g/mol. The second-order valence-corrected chi connectivity index (χ2v) is 4.51. The van der Waals surface area contributed by atoms with Crippen molar-refractivity contribution in [1.29, 1.82) is 0 Å². The minimum atomic E-state index is -0.433. The number of hydrogen-bond donors (Lipinski definition) is 1. The molecule has 0 aliphatic rings. The molecule has 0 fully saturated rings. The second-order valence-electron chi connectivity index (χ2n) is 3.85. The molecule has 0 radical (unpaired) electrons. The van der Waals surface area contributed by atoms with Gasteiger partial charge in [0.15, 0.2) is 0 Å². The Morgan fingerprint density at radius 1 is 1.58 bits per heavy atom. The van der Waals surface area contributed by atoms with Crippen molar-refractivity contribution in [3.8, 4) is 0 Å². The lowest BCUT2D eigenvalue weighted by Crippen LogP contribution is -2.37. The van der Waals surface area contributed by atoms with Gasteiger partial charge in [-0.15, -0.1) is 11.6 Å². The Balaban J connectivity index is 3.76. The quantitative estimate of drug-likeness (QED) is 0.679. The van der Waals surface area contributed by atoms with Gasteiger partial charge in [0.05, 0.1) is 0 Å². The van der Waals surface area contributed by atoms with Crippen LogP contribution in [0.3, 0.4) is 0 Å². The van der Waals surface area contributed by atoms with E-state index in [1.165, 1.54) is 0 Å².